The lowest BCUT2D eigenvalue weighted by Gasteiger charge is -2.18. The molecule has 1 aromatic carbocycles. The number of para-hydroxylation sites is 1. The Labute approximate surface area is 119 Å². The van der Waals surface area contributed by atoms with Crippen LogP contribution in [0.2, 0.25) is 0 Å². The normalized spacial score (nSPS) is 18.6. The summed E-state index contributed by atoms with van der Waals surface area (Å²) in [6.45, 7) is 2.76. The summed E-state index contributed by atoms with van der Waals surface area (Å²) in [5, 5.41) is 2.78. The van der Waals surface area contributed by atoms with Gasteiger partial charge in [-0.05, 0) is 36.8 Å². The molecule has 0 radical (unpaired) electrons. The molecule has 2 amide bonds. The van der Waals surface area contributed by atoms with Gasteiger partial charge in [-0.25, -0.2) is 0 Å². The Hall–Kier alpha value is -1.84. The first kappa shape index (κ1) is 13.2. The van der Waals surface area contributed by atoms with Crippen LogP contribution in [-0.2, 0) is 16.0 Å². The van der Waals surface area contributed by atoms with Gasteiger partial charge in [0.05, 0.1) is 6.54 Å². The van der Waals surface area contributed by atoms with Crippen molar-refractivity contribution in [2.24, 2.45) is 11.8 Å². The van der Waals surface area contributed by atoms with Crippen LogP contribution in [0, 0.1) is 11.8 Å². The predicted molar refractivity (Wildman–Crippen MR) is 77.4 cm³/mol. The third-order valence-corrected chi connectivity index (χ3v) is 4.34. The van der Waals surface area contributed by atoms with E-state index in [1.54, 1.807) is 4.90 Å². The Balaban J connectivity index is 1.56. The lowest BCUT2D eigenvalue weighted by molar-refractivity contribution is -0.127. The molecule has 4 nitrogen and oxygen atoms in total. The van der Waals surface area contributed by atoms with E-state index in [9.17, 15) is 9.59 Å². The zero-order valence-electron chi connectivity index (χ0n) is 11.8. The summed E-state index contributed by atoms with van der Waals surface area (Å²) in [4.78, 5) is 25.9. The average molecular weight is 272 g/mol. The van der Waals surface area contributed by atoms with Gasteiger partial charge in [-0.2, -0.15) is 0 Å². The van der Waals surface area contributed by atoms with Crippen LogP contribution in [-0.4, -0.2) is 24.9 Å². The fourth-order valence-corrected chi connectivity index (χ4v) is 2.83. The summed E-state index contributed by atoms with van der Waals surface area (Å²) in [6, 6.07) is 7.95. The minimum atomic E-state index is -0.0219. The molecule has 1 heterocycles. The first-order valence-electron chi connectivity index (χ1n) is 7.33. The number of amides is 2. The molecule has 0 saturated heterocycles. The largest absolute Gasteiger partial charge is 0.347 e. The van der Waals surface area contributed by atoms with E-state index in [2.05, 4.69) is 11.4 Å². The molecule has 106 valence electrons. The number of rotatable bonds is 4. The molecular weight excluding hydrogens is 252 g/mol. The van der Waals surface area contributed by atoms with Gasteiger partial charge >= 0.3 is 0 Å². The van der Waals surface area contributed by atoms with Crippen molar-refractivity contribution in [2.75, 3.05) is 18.0 Å². The van der Waals surface area contributed by atoms with E-state index in [1.165, 1.54) is 5.56 Å². The second kappa shape index (κ2) is 5.27. The van der Waals surface area contributed by atoms with Gasteiger partial charge in [0.2, 0.25) is 11.8 Å². The summed E-state index contributed by atoms with van der Waals surface area (Å²) in [6.07, 6.45) is 3.18. The SMILES string of the molecule is CC(C(=O)NCC(=O)N1CCc2ccccc21)C1CC1. The van der Waals surface area contributed by atoms with E-state index in [-0.39, 0.29) is 24.3 Å². The molecule has 20 heavy (non-hydrogen) atoms. The Morgan fingerprint density at radius 1 is 1.35 bits per heavy atom. The van der Waals surface area contributed by atoms with Crippen LogP contribution >= 0.6 is 0 Å². The van der Waals surface area contributed by atoms with Gasteiger partial charge in [0.15, 0.2) is 0 Å². The van der Waals surface area contributed by atoms with Gasteiger partial charge in [-0.3, -0.25) is 9.59 Å². The van der Waals surface area contributed by atoms with E-state index in [4.69, 9.17) is 0 Å². The molecule has 1 aliphatic carbocycles. The number of fused-ring (bicyclic) bond motifs is 1. The van der Waals surface area contributed by atoms with Gasteiger partial charge < -0.3 is 10.2 Å². The minimum Gasteiger partial charge on any atom is -0.347 e. The molecule has 1 saturated carbocycles. The summed E-state index contributed by atoms with van der Waals surface area (Å²) in [5.74, 6) is 0.547. The van der Waals surface area contributed by atoms with Crippen molar-refractivity contribution in [3.8, 4) is 0 Å². The molecule has 1 aromatic rings. The lowest BCUT2D eigenvalue weighted by atomic mass is 10.1. The predicted octanol–water partition coefficient (Wildman–Crippen LogP) is 1.74. The van der Waals surface area contributed by atoms with Gasteiger partial charge in [-0.15, -0.1) is 0 Å². The number of benzene rings is 1. The van der Waals surface area contributed by atoms with Crippen LogP contribution < -0.4 is 10.2 Å². The van der Waals surface area contributed by atoms with Crippen LogP contribution in [0.1, 0.15) is 25.3 Å². The zero-order valence-corrected chi connectivity index (χ0v) is 11.8. The zero-order chi connectivity index (χ0) is 14.1. The molecule has 1 aliphatic heterocycles. The maximum Gasteiger partial charge on any atom is 0.246 e. The van der Waals surface area contributed by atoms with Crippen molar-refractivity contribution in [3.05, 3.63) is 29.8 Å². The molecule has 4 heteroatoms. The average Bonchev–Trinajstić information content (AvgIpc) is 3.23. The monoisotopic (exact) mass is 272 g/mol. The molecule has 1 N–H and O–H groups in total. The number of hydrogen-bond acceptors (Lipinski definition) is 2. The Morgan fingerprint density at radius 2 is 2.10 bits per heavy atom. The maximum atomic E-state index is 12.2. The highest BCUT2D eigenvalue weighted by Crippen LogP contribution is 2.36. The number of nitrogens with one attached hydrogen (secondary N) is 1. The van der Waals surface area contributed by atoms with E-state index in [0.29, 0.717) is 12.5 Å². The van der Waals surface area contributed by atoms with Gasteiger partial charge in [0.25, 0.3) is 0 Å². The molecule has 0 spiro atoms. The van der Waals surface area contributed by atoms with Crippen LogP contribution in [0.25, 0.3) is 0 Å². The van der Waals surface area contributed by atoms with Crippen LogP contribution in [0.5, 0.6) is 0 Å². The van der Waals surface area contributed by atoms with Gasteiger partial charge in [0.1, 0.15) is 0 Å². The van der Waals surface area contributed by atoms with Crippen LogP contribution in [0.4, 0.5) is 5.69 Å². The highest BCUT2D eigenvalue weighted by molar-refractivity contribution is 5.98. The first-order valence-corrected chi connectivity index (χ1v) is 7.33. The third-order valence-electron chi connectivity index (χ3n) is 4.34. The molecule has 3 rings (SSSR count). The molecule has 1 unspecified atom stereocenters. The fraction of sp³-hybridized carbons (Fsp3) is 0.500. The lowest BCUT2D eigenvalue weighted by Crippen LogP contribution is -2.41. The molecule has 0 bridgehead atoms. The smallest absolute Gasteiger partial charge is 0.246 e. The van der Waals surface area contributed by atoms with E-state index < -0.39 is 0 Å². The highest BCUT2D eigenvalue weighted by Gasteiger charge is 2.33. The van der Waals surface area contributed by atoms with Crippen LogP contribution in [0.3, 0.4) is 0 Å². The van der Waals surface area contributed by atoms with Crippen molar-refractivity contribution < 1.29 is 9.59 Å². The van der Waals surface area contributed by atoms with Crippen molar-refractivity contribution in [3.63, 3.8) is 0 Å². The minimum absolute atomic E-state index is 0.00771. The van der Waals surface area contributed by atoms with E-state index >= 15 is 0 Å². The van der Waals surface area contributed by atoms with Gasteiger partial charge in [-0.1, -0.05) is 25.1 Å². The number of carbonyl (C=O) groups is 2. The second-order valence-electron chi connectivity index (χ2n) is 5.77. The quantitative estimate of drug-likeness (QED) is 0.907. The van der Waals surface area contributed by atoms with E-state index in [0.717, 1.165) is 24.9 Å². The number of anilines is 1. The van der Waals surface area contributed by atoms with Crippen molar-refractivity contribution in [2.45, 2.75) is 26.2 Å². The number of nitrogens with zero attached hydrogens (tertiary/aromatic N) is 1. The summed E-state index contributed by atoms with van der Waals surface area (Å²) in [5.41, 5.74) is 2.19. The third kappa shape index (κ3) is 2.55. The topological polar surface area (TPSA) is 49.4 Å². The number of hydrogen-bond donors (Lipinski definition) is 1. The Bertz CT molecular complexity index is 537. The van der Waals surface area contributed by atoms with Gasteiger partial charge in [0, 0.05) is 18.2 Å². The molecule has 1 fully saturated rings. The fourth-order valence-electron chi connectivity index (χ4n) is 2.83. The molecule has 2 aliphatic rings. The van der Waals surface area contributed by atoms with Crippen molar-refractivity contribution >= 4 is 17.5 Å². The molecule has 1 atom stereocenters. The van der Waals surface area contributed by atoms with Crippen molar-refractivity contribution in [1.82, 2.24) is 5.32 Å². The maximum absolute atomic E-state index is 12.2. The summed E-state index contributed by atoms with van der Waals surface area (Å²) in [7, 11) is 0. The second-order valence-corrected chi connectivity index (χ2v) is 5.77. The number of carbonyl (C=O) groups excluding carboxylic acids is 2. The van der Waals surface area contributed by atoms with E-state index in [1.807, 2.05) is 25.1 Å². The Kier molecular flexibility index (Phi) is 3.47. The molecular formula is C16H20N2O2. The highest BCUT2D eigenvalue weighted by atomic mass is 16.2. The molecule has 0 aromatic heterocycles. The first-order chi connectivity index (χ1) is 9.66. The summed E-state index contributed by atoms with van der Waals surface area (Å²) < 4.78 is 0. The standard InChI is InChI=1S/C16H20N2O2/c1-11(12-6-7-12)16(20)17-10-15(19)18-9-8-13-4-2-3-5-14(13)18/h2-5,11-12H,6-10H2,1H3,(H,17,20). The van der Waals surface area contributed by atoms with Crippen LogP contribution in [0.15, 0.2) is 24.3 Å². The summed E-state index contributed by atoms with van der Waals surface area (Å²) >= 11 is 0. The van der Waals surface area contributed by atoms with Crippen molar-refractivity contribution in [1.29, 1.82) is 0 Å². The Morgan fingerprint density at radius 3 is 2.85 bits per heavy atom.